The van der Waals surface area contributed by atoms with Crippen LogP contribution in [0.5, 0.6) is 0 Å². The van der Waals surface area contributed by atoms with E-state index in [9.17, 15) is 9.59 Å². The number of hydrogen-bond acceptors (Lipinski definition) is 3. The average molecular weight is 494 g/mol. The van der Waals surface area contributed by atoms with Crippen LogP contribution in [0.25, 0.3) is 16.6 Å². The predicted molar refractivity (Wildman–Crippen MR) is 138 cm³/mol. The summed E-state index contributed by atoms with van der Waals surface area (Å²) in [4.78, 5) is 33.9. The molecule has 0 spiro atoms. The van der Waals surface area contributed by atoms with Gasteiger partial charge in [0.2, 0.25) is 0 Å². The molecular formula is C27H25Cl2N3O2. The largest absolute Gasteiger partial charge is 0.329 e. The molecule has 1 atom stereocenters. The predicted octanol–water partition coefficient (Wildman–Crippen LogP) is 6.70. The van der Waals surface area contributed by atoms with Gasteiger partial charge in [-0.25, -0.2) is 4.98 Å². The SMILES string of the molecule is CCCCN(C(=O)c1ccccc1Cl)C(C)c1nc2ccccc2c(=O)n1-c1ccccc1Cl. The first-order chi connectivity index (χ1) is 16.4. The number of amides is 1. The number of aromatic nitrogens is 2. The Morgan fingerprint density at radius 2 is 1.62 bits per heavy atom. The van der Waals surface area contributed by atoms with Crippen LogP contribution in [0, 0.1) is 0 Å². The van der Waals surface area contributed by atoms with E-state index in [1.807, 2.05) is 25.1 Å². The van der Waals surface area contributed by atoms with Crippen molar-refractivity contribution in [1.29, 1.82) is 0 Å². The van der Waals surface area contributed by atoms with Gasteiger partial charge in [-0.05, 0) is 49.7 Å². The van der Waals surface area contributed by atoms with Crippen LogP contribution >= 0.6 is 23.2 Å². The van der Waals surface area contributed by atoms with Crippen molar-refractivity contribution in [1.82, 2.24) is 14.5 Å². The van der Waals surface area contributed by atoms with E-state index in [1.165, 1.54) is 4.57 Å². The summed E-state index contributed by atoms with van der Waals surface area (Å²) in [7, 11) is 0. The third kappa shape index (κ3) is 4.59. The molecule has 1 aromatic heterocycles. The third-order valence-electron chi connectivity index (χ3n) is 5.85. The summed E-state index contributed by atoms with van der Waals surface area (Å²) in [5.74, 6) is 0.230. The molecule has 0 aliphatic carbocycles. The smallest absolute Gasteiger partial charge is 0.266 e. The lowest BCUT2D eigenvalue weighted by atomic mass is 10.1. The highest BCUT2D eigenvalue weighted by molar-refractivity contribution is 6.33. The van der Waals surface area contributed by atoms with Gasteiger partial charge < -0.3 is 4.90 Å². The first-order valence-electron chi connectivity index (χ1n) is 11.3. The molecule has 34 heavy (non-hydrogen) atoms. The summed E-state index contributed by atoms with van der Waals surface area (Å²) in [6, 6.07) is 20.8. The van der Waals surface area contributed by atoms with E-state index in [0.29, 0.717) is 44.6 Å². The lowest BCUT2D eigenvalue weighted by Gasteiger charge is -2.31. The van der Waals surface area contributed by atoms with Gasteiger partial charge in [0.25, 0.3) is 11.5 Å². The van der Waals surface area contributed by atoms with Crippen molar-refractivity contribution in [2.24, 2.45) is 0 Å². The molecule has 0 radical (unpaired) electrons. The normalized spacial score (nSPS) is 12.0. The quantitative estimate of drug-likeness (QED) is 0.288. The number of unbranched alkanes of at least 4 members (excludes halogenated alkanes) is 1. The molecule has 174 valence electrons. The molecule has 4 aromatic rings. The van der Waals surface area contributed by atoms with Crippen molar-refractivity contribution in [3.63, 3.8) is 0 Å². The molecule has 0 bridgehead atoms. The maximum absolute atomic E-state index is 13.7. The molecule has 1 heterocycles. The molecule has 0 saturated carbocycles. The topological polar surface area (TPSA) is 55.2 Å². The van der Waals surface area contributed by atoms with Crippen LogP contribution in [0.1, 0.15) is 48.9 Å². The number of carbonyl (C=O) groups is 1. The molecule has 1 unspecified atom stereocenters. The van der Waals surface area contributed by atoms with Crippen LogP contribution in [0.15, 0.2) is 77.6 Å². The zero-order chi connectivity index (χ0) is 24.2. The second-order valence-electron chi connectivity index (χ2n) is 8.09. The first-order valence-corrected chi connectivity index (χ1v) is 12.0. The second-order valence-corrected chi connectivity index (χ2v) is 8.90. The lowest BCUT2D eigenvalue weighted by molar-refractivity contribution is 0.0678. The molecule has 1 amide bonds. The van der Waals surface area contributed by atoms with Gasteiger partial charge in [-0.15, -0.1) is 0 Å². The Labute approximate surface area is 208 Å². The summed E-state index contributed by atoms with van der Waals surface area (Å²) in [5.41, 5.74) is 1.27. The van der Waals surface area contributed by atoms with Crippen LogP contribution in [0.2, 0.25) is 10.0 Å². The van der Waals surface area contributed by atoms with Crippen molar-refractivity contribution >= 4 is 40.0 Å². The zero-order valence-corrected chi connectivity index (χ0v) is 20.6. The Morgan fingerprint density at radius 3 is 2.32 bits per heavy atom. The van der Waals surface area contributed by atoms with Crippen molar-refractivity contribution in [2.75, 3.05) is 6.54 Å². The van der Waals surface area contributed by atoms with E-state index >= 15 is 0 Å². The number of para-hydroxylation sites is 2. The van der Waals surface area contributed by atoms with Gasteiger partial charge >= 0.3 is 0 Å². The molecule has 3 aromatic carbocycles. The number of fused-ring (bicyclic) bond motifs is 1. The Hall–Kier alpha value is -3.15. The zero-order valence-electron chi connectivity index (χ0n) is 19.0. The van der Waals surface area contributed by atoms with Gasteiger partial charge in [-0.1, -0.05) is 72.9 Å². The lowest BCUT2D eigenvalue weighted by Crippen LogP contribution is -2.38. The summed E-state index contributed by atoms with van der Waals surface area (Å²) in [6.07, 6.45) is 1.70. The molecule has 4 rings (SSSR count). The Kier molecular flexibility index (Phi) is 7.35. The summed E-state index contributed by atoms with van der Waals surface area (Å²) in [6.45, 7) is 4.44. The summed E-state index contributed by atoms with van der Waals surface area (Å²) >= 11 is 12.9. The highest BCUT2D eigenvalue weighted by Gasteiger charge is 2.28. The van der Waals surface area contributed by atoms with Crippen molar-refractivity contribution < 1.29 is 4.79 Å². The number of benzene rings is 3. The molecule has 0 aliphatic heterocycles. The maximum Gasteiger partial charge on any atom is 0.266 e. The van der Waals surface area contributed by atoms with Gasteiger partial charge in [0.05, 0.1) is 38.2 Å². The highest BCUT2D eigenvalue weighted by atomic mass is 35.5. The maximum atomic E-state index is 13.7. The van der Waals surface area contributed by atoms with Crippen molar-refractivity contribution in [2.45, 2.75) is 32.7 Å². The monoisotopic (exact) mass is 493 g/mol. The molecule has 7 heteroatoms. The van der Waals surface area contributed by atoms with Crippen LogP contribution in [0.4, 0.5) is 0 Å². The molecule has 0 fully saturated rings. The Morgan fingerprint density at radius 1 is 0.971 bits per heavy atom. The molecular weight excluding hydrogens is 469 g/mol. The molecule has 0 aliphatic rings. The van der Waals surface area contributed by atoms with E-state index in [0.717, 1.165) is 12.8 Å². The van der Waals surface area contributed by atoms with E-state index < -0.39 is 6.04 Å². The van der Waals surface area contributed by atoms with E-state index in [4.69, 9.17) is 28.2 Å². The van der Waals surface area contributed by atoms with Gasteiger partial charge in [-0.2, -0.15) is 0 Å². The van der Waals surface area contributed by atoms with Crippen LogP contribution in [-0.2, 0) is 0 Å². The fourth-order valence-electron chi connectivity index (χ4n) is 4.02. The summed E-state index contributed by atoms with van der Waals surface area (Å²) < 4.78 is 1.52. The Balaban J connectivity index is 1.93. The third-order valence-corrected chi connectivity index (χ3v) is 6.50. The van der Waals surface area contributed by atoms with Gasteiger partial charge in [-0.3, -0.25) is 14.2 Å². The van der Waals surface area contributed by atoms with Crippen molar-refractivity contribution in [3.05, 3.63) is 105 Å². The number of carbonyl (C=O) groups excluding carboxylic acids is 1. The van der Waals surface area contributed by atoms with E-state index in [2.05, 4.69) is 6.92 Å². The second kappa shape index (κ2) is 10.4. The summed E-state index contributed by atoms with van der Waals surface area (Å²) in [5, 5.41) is 1.29. The van der Waals surface area contributed by atoms with Crippen molar-refractivity contribution in [3.8, 4) is 5.69 Å². The van der Waals surface area contributed by atoms with Gasteiger partial charge in [0, 0.05) is 6.54 Å². The molecule has 5 nitrogen and oxygen atoms in total. The minimum atomic E-state index is -0.524. The highest BCUT2D eigenvalue weighted by Crippen LogP contribution is 2.28. The molecule has 0 saturated heterocycles. The van der Waals surface area contributed by atoms with Crippen LogP contribution in [0.3, 0.4) is 0 Å². The standard InChI is InChI=1S/C27H25Cl2N3O2/c1-3-4-17-31(26(33)19-11-5-7-13-21(19)28)18(2)25-30-23-15-9-6-12-20(23)27(34)32(25)24-16-10-8-14-22(24)29/h5-16,18H,3-4,17H2,1-2H3. The van der Waals surface area contributed by atoms with E-state index in [1.54, 1.807) is 59.5 Å². The number of nitrogens with zero attached hydrogens (tertiary/aromatic N) is 3. The minimum absolute atomic E-state index is 0.209. The van der Waals surface area contributed by atoms with Gasteiger partial charge in [0.15, 0.2) is 0 Å². The average Bonchev–Trinajstić information content (AvgIpc) is 2.85. The van der Waals surface area contributed by atoms with Crippen LogP contribution in [-0.4, -0.2) is 26.9 Å². The fraction of sp³-hybridized carbons (Fsp3) is 0.222. The minimum Gasteiger partial charge on any atom is -0.329 e. The number of halogens is 2. The van der Waals surface area contributed by atoms with Crippen LogP contribution < -0.4 is 5.56 Å². The van der Waals surface area contributed by atoms with Gasteiger partial charge in [0.1, 0.15) is 5.82 Å². The Bertz CT molecular complexity index is 1400. The number of hydrogen-bond donors (Lipinski definition) is 0. The van der Waals surface area contributed by atoms with E-state index in [-0.39, 0.29) is 11.5 Å². The first kappa shape index (κ1) is 24.0. The number of rotatable bonds is 7. The molecule has 0 N–H and O–H groups in total. The fourth-order valence-corrected chi connectivity index (χ4v) is 4.46.